The monoisotopic (exact) mass is 401 g/mol. The molecule has 1 aromatic rings. The number of carbonyl (C=O) groups excluding carboxylic acids is 2. The van der Waals surface area contributed by atoms with Crippen LogP contribution >= 0.6 is 0 Å². The maximum absolute atomic E-state index is 13.2. The van der Waals surface area contributed by atoms with Gasteiger partial charge in [0.1, 0.15) is 17.7 Å². The lowest BCUT2D eigenvalue weighted by Crippen LogP contribution is -2.45. The molecule has 0 spiro atoms. The predicted molar refractivity (Wildman–Crippen MR) is 102 cm³/mol. The molecule has 5 nitrogen and oxygen atoms in total. The minimum absolute atomic E-state index is 0.0263. The Balaban J connectivity index is 2.69. The number of hydrogen-bond donors (Lipinski definition) is 1. The number of nitrogens with one attached hydrogen (secondary N) is 1. The van der Waals surface area contributed by atoms with E-state index in [4.69, 9.17) is 9.16 Å². The summed E-state index contributed by atoms with van der Waals surface area (Å²) in [6.45, 7) is 10.8. The Morgan fingerprint density at radius 1 is 1.15 bits per heavy atom. The van der Waals surface area contributed by atoms with Gasteiger partial charge in [-0.15, -0.1) is 0 Å². The Hall–Kier alpha value is -1.80. The Kier molecular flexibility index (Phi) is 8.10. The van der Waals surface area contributed by atoms with E-state index in [1.807, 2.05) is 0 Å². The fourth-order valence-corrected chi connectivity index (χ4v) is 3.24. The van der Waals surface area contributed by atoms with Gasteiger partial charge in [0.15, 0.2) is 8.32 Å². The van der Waals surface area contributed by atoms with Crippen molar-refractivity contribution < 1.29 is 27.5 Å². The maximum Gasteiger partial charge on any atom is 0.328 e. The van der Waals surface area contributed by atoms with E-state index in [1.54, 1.807) is 0 Å². The summed E-state index contributed by atoms with van der Waals surface area (Å²) in [5.74, 6) is -2.63. The molecule has 0 bridgehead atoms. The molecular weight excluding hydrogens is 372 g/mol. The minimum atomic E-state index is -1.98. The van der Waals surface area contributed by atoms with Crippen molar-refractivity contribution in [2.75, 3.05) is 13.7 Å². The van der Waals surface area contributed by atoms with Gasteiger partial charge in [-0.05, 0) is 35.8 Å². The van der Waals surface area contributed by atoms with E-state index in [0.29, 0.717) is 6.61 Å². The summed E-state index contributed by atoms with van der Waals surface area (Å²) in [5, 5.41) is 2.58. The normalized spacial score (nSPS) is 13.2. The molecule has 0 aromatic heterocycles. The average molecular weight is 402 g/mol. The van der Waals surface area contributed by atoms with Crippen molar-refractivity contribution in [2.24, 2.45) is 0 Å². The molecule has 1 aromatic carbocycles. The number of hydrogen-bond acceptors (Lipinski definition) is 4. The molecular formula is C19H29F2NO4Si. The van der Waals surface area contributed by atoms with Gasteiger partial charge in [0.2, 0.25) is 5.91 Å². The van der Waals surface area contributed by atoms with Gasteiger partial charge >= 0.3 is 5.97 Å². The van der Waals surface area contributed by atoms with Gasteiger partial charge in [-0.3, -0.25) is 4.79 Å². The largest absolute Gasteiger partial charge is 0.467 e. The third-order valence-corrected chi connectivity index (χ3v) is 9.32. The van der Waals surface area contributed by atoms with Crippen LogP contribution in [-0.2, 0) is 25.2 Å². The van der Waals surface area contributed by atoms with Crippen molar-refractivity contribution in [1.29, 1.82) is 0 Å². The highest BCUT2D eigenvalue weighted by molar-refractivity contribution is 6.74. The van der Waals surface area contributed by atoms with Crippen molar-refractivity contribution in [3.63, 3.8) is 0 Å². The molecule has 0 saturated heterocycles. The first-order valence-electron chi connectivity index (χ1n) is 8.82. The maximum atomic E-state index is 13.2. The first-order valence-corrected chi connectivity index (χ1v) is 11.7. The van der Waals surface area contributed by atoms with E-state index in [0.717, 1.165) is 18.2 Å². The zero-order valence-electron chi connectivity index (χ0n) is 16.8. The van der Waals surface area contributed by atoms with E-state index in [2.05, 4.69) is 39.2 Å². The highest BCUT2D eigenvalue weighted by atomic mass is 28.4. The molecule has 0 heterocycles. The van der Waals surface area contributed by atoms with Crippen LogP contribution in [0.1, 0.15) is 32.8 Å². The molecule has 1 N–H and O–H groups in total. The molecule has 1 amide bonds. The summed E-state index contributed by atoms with van der Waals surface area (Å²) in [6.07, 6.45) is 0.00764. The van der Waals surface area contributed by atoms with Crippen LogP contribution in [0.5, 0.6) is 0 Å². The van der Waals surface area contributed by atoms with E-state index in [9.17, 15) is 18.4 Å². The number of benzene rings is 1. The lowest BCUT2D eigenvalue weighted by molar-refractivity contribution is -0.145. The second-order valence-corrected chi connectivity index (χ2v) is 12.8. The van der Waals surface area contributed by atoms with E-state index < -0.39 is 37.9 Å². The summed E-state index contributed by atoms with van der Waals surface area (Å²) in [4.78, 5) is 24.1. The Morgan fingerprint density at radius 3 is 2.19 bits per heavy atom. The molecule has 27 heavy (non-hydrogen) atoms. The highest BCUT2D eigenvalue weighted by Crippen LogP contribution is 2.36. The minimum Gasteiger partial charge on any atom is -0.467 e. The van der Waals surface area contributed by atoms with Crippen LogP contribution in [0.3, 0.4) is 0 Å². The molecule has 1 rings (SSSR count). The van der Waals surface area contributed by atoms with Gasteiger partial charge in [0.25, 0.3) is 0 Å². The number of carbonyl (C=O) groups is 2. The van der Waals surface area contributed by atoms with Crippen molar-refractivity contribution in [2.45, 2.75) is 57.8 Å². The first kappa shape index (κ1) is 23.2. The zero-order chi connectivity index (χ0) is 20.8. The van der Waals surface area contributed by atoms with Crippen LogP contribution in [0, 0.1) is 11.6 Å². The topological polar surface area (TPSA) is 64.6 Å². The van der Waals surface area contributed by atoms with Gasteiger partial charge in [-0.1, -0.05) is 20.8 Å². The van der Waals surface area contributed by atoms with Crippen LogP contribution < -0.4 is 5.32 Å². The predicted octanol–water partition coefficient (Wildman–Crippen LogP) is 3.58. The molecule has 0 saturated carbocycles. The number of ether oxygens (including phenoxy) is 1. The van der Waals surface area contributed by atoms with Crippen molar-refractivity contribution in [1.82, 2.24) is 5.32 Å². The Labute approximate surface area is 160 Å². The summed E-state index contributed by atoms with van der Waals surface area (Å²) in [6, 6.07) is 2.01. The van der Waals surface area contributed by atoms with Crippen molar-refractivity contribution in [3.8, 4) is 0 Å². The number of amides is 1. The van der Waals surface area contributed by atoms with Gasteiger partial charge in [0, 0.05) is 19.1 Å². The summed E-state index contributed by atoms with van der Waals surface area (Å²) in [5.41, 5.74) is 0.186. The molecule has 0 unspecified atom stereocenters. The van der Waals surface area contributed by atoms with Crippen LogP contribution in [0.25, 0.3) is 0 Å². The summed E-state index contributed by atoms with van der Waals surface area (Å²) >= 11 is 0. The van der Waals surface area contributed by atoms with E-state index >= 15 is 0 Å². The average Bonchev–Trinajstić information content (AvgIpc) is 2.50. The highest BCUT2D eigenvalue weighted by Gasteiger charge is 2.37. The standard InChI is InChI=1S/C19H29F2NO4Si/c1-19(2,3)27(5,6)26-8-7-16(18(24)25-4)22-17(23)11-13-9-14(20)12-15(21)10-13/h9-10,12,16H,7-8,11H2,1-6H3,(H,22,23)/t16-/m0/s1. The lowest BCUT2D eigenvalue weighted by Gasteiger charge is -2.36. The number of halogens is 2. The first-order chi connectivity index (χ1) is 12.4. The second-order valence-electron chi connectivity index (χ2n) is 8.00. The summed E-state index contributed by atoms with van der Waals surface area (Å²) in [7, 11) is -0.744. The second kappa shape index (κ2) is 9.41. The Morgan fingerprint density at radius 2 is 1.70 bits per heavy atom. The van der Waals surface area contributed by atoms with Gasteiger partial charge in [-0.2, -0.15) is 0 Å². The smallest absolute Gasteiger partial charge is 0.328 e. The SMILES string of the molecule is COC(=O)[C@H](CCO[Si](C)(C)C(C)(C)C)NC(=O)Cc1cc(F)cc(F)c1. The van der Waals surface area contributed by atoms with Crippen LogP contribution in [0.4, 0.5) is 8.78 Å². The van der Waals surface area contributed by atoms with E-state index in [-0.39, 0.29) is 23.4 Å². The summed E-state index contributed by atoms with van der Waals surface area (Å²) < 4.78 is 37.2. The van der Waals surface area contributed by atoms with Gasteiger partial charge < -0.3 is 14.5 Å². The van der Waals surface area contributed by atoms with E-state index in [1.165, 1.54) is 7.11 Å². The quantitative estimate of drug-likeness (QED) is 0.534. The molecule has 0 radical (unpaired) electrons. The number of methoxy groups -OCH3 is 1. The molecule has 8 heteroatoms. The van der Waals surface area contributed by atoms with Gasteiger partial charge in [0.05, 0.1) is 13.5 Å². The fraction of sp³-hybridized carbons (Fsp3) is 0.579. The molecule has 0 aliphatic heterocycles. The van der Waals surface area contributed by atoms with Crippen LogP contribution in [-0.4, -0.2) is 40.0 Å². The zero-order valence-corrected chi connectivity index (χ0v) is 17.8. The third kappa shape index (κ3) is 7.38. The lowest BCUT2D eigenvalue weighted by atomic mass is 10.1. The molecule has 0 aliphatic rings. The Bertz CT molecular complexity index is 654. The molecule has 152 valence electrons. The van der Waals surface area contributed by atoms with Crippen molar-refractivity contribution >= 4 is 20.2 Å². The third-order valence-electron chi connectivity index (χ3n) is 4.78. The van der Waals surface area contributed by atoms with Crippen LogP contribution in [0.2, 0.25) is 18.1 Å². The van der Waals surface area contributed by atoms with Crippen LogP contribution in [0.15, 0.2) is 18.2 Å². The number of esters is 1. The molecule has 1 atom stereocenters. The number of rotatable bonds is 8. The molecule has 0 fully saturated rings. The van der Waals surface area contributed by atoms with Gasteiger partial charge in [-0.25, -0.2) is 13.6 Å². The van der Waals surface area contributed by atoms with Crippen molar-refractivity contribution in [3.05, 3.63) is 35.4 Å². The fourth-order valence-electron chi connectivity index (χ4n) is 2.18. The molecule has 0 aliphatic carbocycles.